The summed E-state index contributed by atoms with van der Waals surface area (Å²) in [6.45, 7) is 0. The van der Waals surface area contributed by atoms with E-state index in [1.54, 1.807) is 18.2 Å². The Kier molecular flexibility index (Phi) is 3.68. The lowest BCUT2D eigenvalue weighted by Crippen LogP contribution is -2.30. The van der Waals surface area contributed by atoms with Gasteiger partial charge in [-0.15, -0.1) is 0 Å². The minimum Gasteiger partial charge on any atom is -0.478 e. The van der Waals surface area contributed by atoms with E-state index in [0.717, 1.165) is 22.0 Å². The number of nitrogens with one attached hydrogen (secondary N) is 1. The maximum absolute atomic E-state index is 13.3. The SMILES string of the molecule is O=C(O)c1cc(Br)cc2c1N[C@H](c1ccc(F)cc1)[C@@H]1CC=C[C@@H]21. The van der Waals surface area contributed by atoms with Crippen molar-refractivity contribution in [3.8, 4) is 0 Å². The Labute approximate surface area is 147 Å². The fourth-order valence-corrected chi connectivity index (χ4v) is 4.31. The third kappa shape index (κ3) is 2.44. The number of anilines is 1. The number of carboxylic acids is 1. The second kappa shape index (κ2) is 5.74. The van der Waals surface area contributed by atoms with Crippen molar-refractivity contribution in [3.63, 3.8) is 0 Å². The summed E-state index contributed by atoms with van der Waals surface area (Å²) < 4.78 is 14.0. The summed E-state index contributed by atoms with van der Waals surface area (Å²) in [7, 11) is 0. The van der Waals surface area contributed by atoms with Crippen LogP contribution in [0, 0.1) is 11.7 Å². The molecule has 4 rings (SSSR count). The van der Waals surface area contributed by atoms with E-state index in [4.69, 9.17) is 0 Å². The molecule has 24 heavy (non-hydrogen) atoms. The Morgan fingerprint density at radius 1 is 1.25 bits per heavy atom. The molecule has 5 heteroatoms. The van der Waals surface area contributed by atoms with Crippen molar-refractivity contribution < 1.29 is 14.3 Å². The highest BCUT2D eigenvalue weighted by Gasteiger charge is 2.39. The maximum atomic E-state index is 13.3. The molecule has 0 saturated carbocycles. The molecule has 122 valence electrons. The molecule has 0 aromatic heterocycles. The second-order valence-electron chi connectivity index (χ2n) is 6.25. The fraction of sp³-hybridized carbons (Fsp3) is 0.211. The monoisotopic (exact) mass is 387 g/mol. The topological polar surface area (TPSA) is 49.3 Å². The van der Waals surface area contributed by atoms with Gasteiger partial charge in [0.1, 0.15) is 5.82 Å². The molecule has 2 aromatic rings. The zero-order valence-corrected chi connectivity index (χ0v) is 14.3. The van der Waals surface area contributed by atoms with E-state index in [1.165, 1.54) is 12.1 Å². The number of benzene rings is 2. The van der Waals surface area contributed by atoms with E-state index in [0.29, 0.717) is 11.6 Å². The Balaban J connectivity index is 1.86. The van der Waals surface area contributed by atoms with Crippen LogP contribution in [0.15, 0.2) is 53.0 Å². The number of hydrogen-bond acceptors (Lipinski definition) is 2. The predicted octanol–water partition coefficient (Wildman–Crippen LogP) is 5.11. The highest BCUT2D eigenvalue weighted by molar-refractivity contribution is 9.10. The molecule has 0 radical (unpaired) electrons. The van der Waals surface area contributed by atoms with E-state index >= 15 is 0 Å². The first-order valence-corrected chi connectivity index (χ1v) is 8.59. The highest BCUT2D eigenvalue weighted by atomic mass is 79.9. The molecule has 0 fully saturated rings. The van der Waals surface area contributed by atoms with Gasteiger partial charge >= 0.3 is 5.97 Å². The molecule has 2 aromatic carbocycles. The molecular weight excluding hydrogens is 373 g/mol. The van der Waals surface area contributed by atoms with Gasteiger partial charge in [0.25, 0.3) is 0 Å². The first-order valence-electron chi connectivity index (χ1n) is 7.80. The smallest absolute Gasteiger partial charge is 0.337 e. The van der Waals surface area contributed by atoms with Gasteiger partial charge in [0.05, 0.1) is 17.3 Å². The summed E-state index contributed by atoms with van der Waals surface area (Å²) in [5.74, 6) is -0.782. The fourth-order valence-electron chi connectivity index (χ4n) is 3.83. The van der Waals surface area contributed by atoms with Crippen molar-refractivity contribution in [3.05, 3.63) is 75.5 Å². The molecule has 1 aliphatic heterocycles. The molecule has 1 heterocycles. The summed E-state index contributed by atoms with van der Waals surface area (Å²) in [6.07, 6.45) is 5.21. The van der Waals surface area contributed by atoms with Crippen molar-refractivity contribution >= 4 is 27.6 Å². The molecular formula is C19H15BrFNO2. The molecule has 2 N–H and O–H groups in total. The van der Waals surface area contributed by atoms with Gasteiger partial charge in [-0.1, -0.05) is 40.2 Å². The molecule has 0 spiro atoms. The zero-order chi connectivity index (χ0) is 16.8. The maximum Gasteiger partial charge on any atom is 0.337 e. The van der Waals surface area contributed by atoms with E-state index < -0.39 is 5.97 Å². The van der Waals surface area contributed by atoms with E-state index in [1.807, 2.05) is 6.07 Å². The Morgan fingerprint density at radius 3 is 2.71 bits per heavy atom. The zero-order valence-electron chi connectivity index (χ0n) is 12.7. The number of allylic oxidation sites excluding steroid dienone is 2. The Morgan fingerprint density at radius 2 is 2.00 bits per heavy atom. The summed E-state index contributed by atoms with van der Waals surface area (Å²) in [4.78, 5) is 11.7. The van der Waals surface area contributed by atoms with Crippen LogP contribution in [0.1, 0.15) is 39.9 Å². The summed E-state index contributed by atoms with van der Waals surface area (Å²) in [5.41, 5.74) is 2.89. The van der Waals surface area contributed by atoms with Crippen LogP contribution in [0.2, 0.25) is 0 Å². The van der Waals surface area contributed by atoms with Crippen molar-refractivity contribution in [1.82, 2.24) is 0 Å². The van der Waals surface area contributed by atoms with Gasteiger partial charge in [-0.05, 0) is 47.7 Å². The molecule has 2 aliphatic rings. The van der Waals surface area contributed by atoms with Crippen LogP contribution in [0.5, 0.6) is 0 Å². The normalized spacial score (nSPS) is 24.2. The van der Waals surface area contributed by atoms with E-state index in [9.17, 15) is 14.3 Å². The number of fused-ring (bicyclic) bond motifs is 3. The molecule has 0 amide bonds. The van der Waals surface area contributed by atoms with Gasteiger partial charge in [0.15, 0.2) is 0 Å². The summed E-state index contributed by atoms with van der Waals surface area (Å²) >= 11 is 3.42. The van der Waals surface area contributed by atoms with Crippen LogP contribution in [0.4, 0.5) is 10.1 Å². The highest BCUT2D eigenvalue weighted by Crippen LogP contribution is 2.51. The minimum atomic E-state index is -0.960. The number of hydrogen-bond donors (Lipinski definition) is 2. The second-order valence-corrected chi connectivity index (χ2v) is 7.17. The van der Waals surface area contributed by atoms with E-state index in [2.05, 4.69) is 33.4 Å². The third-order valence-electron chi connectivity index (χ3n) is 4.89. The number of carboxylic acid groups (broad SMARTS) is 1. The molecule has 0 unspecified atom stereocenters. The van der Waals surface area contributed by atoms with Gasteiger partial charge in [-0.2, -0.15) is 0 Å². The van der Waals surface area contributed by atoms with Crippen molar-refractivity contribution in [2.24, 2.45) is 5.92 Å². The van der Waals surface area contributed by atoms with Crippen LogP contribution < -0.4 is 5.32 Å². The third-order valence-corrected chi connectivity index (χ3v) is 5.35. The lowest BCUT2D eigenvalue weighted by Gasteiger charge is -2.38. The Bertz CT molecular complexity index is 847. The molecule has 1 aliphatic carbocycles. The lowest BCUT2D eigenvalue weighted by atomic mass is 9.76. The largest absolute Gasteiger partial charge is 0.478 e. The van der Waals surface area contributed by atoms with Crippen molar-refractivity contribution in [1.29, 1.82) is 0 Å². The van der Waals surface area contributed by atoms with Crippen LogP contribution in [-0.4, -0.2) is 11.1 Å². The molecule has 3 nitrogen and oxygen atoms in total. The van der Waals surface area contributed by atoms with Crippen LogP contribution >= 0.6 is 15.9 Å². The average molecular weight is 388 g/mol. The van der Waals surface area contributed by atoms with Gasteiger partial charge in [0.2, 0.25) is 0 Å². The van der Waals surface area contributed by atoms with Crippen LogP contribution in [0.25, 0.3) is 0 Å². The van der Waals surface area contributed by atoms with Crippen molar-refractivity contribution in [2.75, 3.05) is 5.32 Å². The van der Waals surface area contributed by atoms with Crippen LogP contribution in [-0.2, 0) is 0 Å². The molecule has 0 bridgehead atoms. The van der Waals surface area contributed by atoms with Gasteiger partial charge in [-0.25, -0.2) is 9.18 Å². The number of rotatable bonds is 2. The summed E-state index contributed by atoms with van der Waals surface area (Å²) in [6, 6.07) is 10.0. The summed E-state index contributed by atoms with van der Waals surface area (Å²) in [5, 5.41) is 13.0. The minimum absolute atomic E-state index is 0.0441. The first-order chi connectivity index (χ1) is 11.5. The molecule has 0 saturated heterocycles. The quantitative estimate of drug-likeness (QED) is 0.703. The predicted molar refractivity (Wildman–Crippen MR) is 93.9 cm³/mol. The number of aromatic carboxylic acids is 1. The average Bonchev–Trinajstić information content (AvgIpc) is 3.04. The van der Waals surface area contributed by atoms with E-state index in [-0.39, 0.29) is 23.3 Å². The number of carbonyl (C=O) groups is 1. The van der Waals surface area contributed by atoms with Gasteiger partial charge < -0.3 is 10.4 Å². The molecule has 3 atom stereocenters. The first kappa shape index (κ1) is 15.4. The van der Waals surface area contributed by atoms with Gasteiger partial charge in [-0.3, -0.25) is 0 Å². The standard InChI is InChI=1S/C19H15BrFNO2/c20-11-8-15-13-2-1-3-14(13)17(10-4-6-12(21)7-5-10)22-18(15)16(9-11)19(23)24/h1-2,4-9,13-14,17,22H,3H2,(H,23,24)/t13-,14-,17-/m1/s1. The number of halogens is 2. The Hall–Kier alpha value is -2.14. The van der Waals surface area contributed by atoms with Crippen molar-refractivity contribution in [2.45, 2.75) is 18.4 Å². The van der Waals surface area contributed by atoms with Crippen LogP contribution in [0.3, 0.4) is 0 Å². The van der Waals surface area contributed by atoms with Gasteiger partial charge in [0, 0.05) is 10.4 Å². The lowest BCUT2D eigenvalue weighted by molar-refractivity contribution is 0.0697.